The maximum Gasteiger partial charge on any atom is 0.217 e. The first kappa shape index (κ1) is 20.2. The summed E-state index contributed by atoms with van der Waals surface area (Å²) in [5.74, 6) is 2.27. The number of ether oxygens (including phenoxy) is 4. The van der Waals surface area contributed by atoms with Crippen molar-refractivity contribution in [2.75, 3.05) is 21.3 Å². The van der Waals surface area contributed by atoms with Crippen LogP contribution in [-0.4, -0.2) is 32.0 Å². The van der Waals surface area contributed by atoms with E-state index in [2.05, 4.69) is 6.07 Å². The van der Waals surface area contributed by atoms with E-state index < -0.39 is 6.23 Å². The number of hydrazone groups is 1. The molecule has 5 rings (SSSR count). The first-order valence-corrected chi connectivity index (χ1v) is 10.3. The fourth-order valence-electron chi connectivity index (χ4n) is 4.30. The molecular weight excluding hydrogens is 411 g/mol. The molecule has 2 aliphatic rings. The molecule has 2 aliphatic heterocycles. The van der Waals surface area contributed by atoms with Crippen molar-refractivity contribution in [2.24, 2.45) is 5.10 Å². The van der Waals surface area contributed by atoms with Gasteiger partial charge in [0.1, 0.15) is 17.3 Å². The van der Waals surface area contributed by atoms with Gasteiger partial charge in [0, 0.05) is 18.1 Å². The van der Waals surface area contributed by atoms with Gasteiger partial charge in [-0.25, -0.2) is 9.40 Å². The van der Waals surface area contributed by atoms with Crippen LogP contribution in [-0.2, 0) is 0 Å². The Morgan fingerprint density at radius 2 is 1.56 bits per heavy atom. The summed E-state index contributed by atoms with van der Waals surface area (Å²) in [5.41, 5.74) is 3.59. The van der Waals surface area contributed by atoms with E-state index in [0.29, 0.717) is 23.7 Å². The topological polar surface area (TPSA) is 52.5 Å². The van der Waals surface area contributed by atoms with Crippen LogP contribution < -0.4 is 18.9 Å². The Labute approximate surface area is 185 Å². The van der Waals surface area contributed by atoms with Crippen molar-refractivity contribution in [1.29, 1.82) is 0 Å². The fourth-order valence-corrected chi connectivity index (χ4v) is 4.30. The zero-order chi connectivity index (χ0) is 22.2. The van der Waals surface area contributed by atoms with Crippen molar-refractivity contribution in [1.82, 2.24) is 5.01 Å². The molecule has 32 heavy (non-hydrogen) atoms. The molecule has 7 heteroatoms. The molecule has 0 aliphatic carbocycles. The van der Waals surface area contributed by atoms with Crippen molar-refractivity contribution in [3.8, 4) is 23.0 Å². The Balaban J connectivity index is 1.63. The van der Waals surface area contributed by atoms with Crippen LogP contribution >= 0.6 is 0 Å². The number of benzene rings is 3. The van der Waals surface area contributed by atoms with Crippen molar-refractivity contribution < 1.29 is 23.3 Å². The molecule has 2 atom stereocenters. The number of fused-ring (bicyclic) bond motifs is 3. The zero-order valence-electron chi connectivity index (χ0n) is 18.0. The van der Waals surface area contributed by atoms with Crippen LogP contribution in [0.5, 0.6) is 23.0 Å². The van der Waals surface area contributed by atoms with E-state index in [0.717, 1.165) is 28.2 Å². The number of hydrogen-bond acceptors (Lipinski definition) is 6. The summed E-state index contributed by atoms with van der Waals surface area (Å²) in [7, 11) is 4.78. The van der Waals surface area contributed by atoms with Gasteiger partial charge in [-0.1, -0.05) is 30.3 Å². The number of halogens is 1. The number of hydrogen-bond donors (Lipinski definition) is 0. The predicted octanol–water partition coefficient (Wildman–Crippen LogP) is 5.09. The van der Waals surface area contributed by atoms with Gasteiger partial charge in [0.05, 0.1) is 38.6 Å². The lowest BCUT2D eigenvalue weighted by atomic mass is 9.95. The Hall–Kier alpha value is -3.74. The number of nitrogens with zero attached hydrogens (tertiary/aromatic N) is 2. The molecule has 0 saturated carbocycles. The summed E-state index contributed by atoms with van der Waals surface area (Å²) in [5, 5.41) is 6.86. The Bertz CT molecular complexity index is 1180. The van der Waals surface area contributed by atoms with Gasteiger partial charge in [-0.05, 0) is 29.8 Å². The fraction of sp³-hybridized carbons (Fsp3) is 0.240. The molecule has 0 N–H and O–H groups in total. The lowest BCUT2D eigenvalue weighted by Crippen LogP contribution is -2.34. The summed E-state index contributed by atoms with van der Waals surface area (Å²) in [6, 6.07) is 18.0. The average Bonchev–Trinajstić information content (AvgIpc) is 3.29. The molecule has 3 aromatic carbocycles. The highest BCUT2D eigenvalue weighted by Gasteiger charge is 2.42. The Morgan fingerprint density at radius 3 is 2.28 bits per heavy atom. The number of para-hydroxylation sites is 1. The third kappa shape index (κ3) is 3.30. The molecule has 0 aromatic heterocycles. The molecule has 164 valence electrons. The van der Waals surface area contributed by atoms with Gasteiger partial charge in [0.15, 0.2) is 11.5 Å². The summed E-state index contributed by atoms with van der Waals surface area (Å²) in [6.07, 6.45) is 0.139. The third-order valence-corrected chi connectivity index (χ3v) is 5.88. The van der Waals surface area contributed by atoms with Crippen molar-refractivity contribution in [3.05, 3.63) is 83.2 Å². The van der Waals surface area contributed by atoms with Gasteiger partial charge in [-0.3, -0.25) is 0 Å². The van der Waals surface area contributed by atoms with E-state index in [1.807, 2.05) is 29.3 Å². The van der Waals surface area contributed by atoms with E-state index in [1.54, 1.807) is 39.5 Å². The van der Waals surface area contributed by atoms with Crippen molar-refractivity contribution >= 4 is 5.71 Å². The molecule has 0 radical (unpaired) electrons. The zero-order valence-corrected chi connectivity index (χ0v) is 18.0. The molecule has 0 spiro atoms. The lowest BCUT2D eigenvalue weighted by molar-refractivity contribution is -0.0205. The quantitative estimate of drug-likeness (QED) is 0.560. The molecule has 0 amide bonds. The predicted molar refractivity (Wildman–Crippen MR) is 118 cm³/mol. The largest absolute Gasteiger partial charge is 0.496 e. The Morgan fingerprint density at radius 1 is 0.875 bits per heavy atom. The van der Waals surface area contributed by atoms with Gasteiger partial charge >= 0.3 is 0 Å². The van der Waals surface area contributed by atoms with E-state index in [-0.39, 0.29) is 11.9 Å². The maximum atomic E-state index is 13.5. The highest BCUT2D eigenvalue weighted by molar-refractivity contribution is 6.01. The molecular formula is C25H23FN2O4. The number of methoxy groups -OCH3 is 3. The first-order chi connectivity index (χ1) is 15.6. The minimum Gasteiger partial charge on any atom is -0.496 e. The second kappa shape index (κ2) is 8.07. The van der Waals surface area contributed by atoms with Crippen LogP contribution in [0.1, 0.15) is 35.4 Å². The maximum absolute atomic E-state index is 13.5. The van der Waals surface area contributed by atoms with Crippen molar-refractivity contribution in [2.45, 2.75) is 18.7 Å². The second-order valence-electron chi connectivity index (χ2n) is 7.61. The summed E-state index contributed by atoms with van der Waals surface area (Å²) >= 11 is 0. The average molecular weight is 434 g/mol. The van der Waals surface area contributed by atoms with Crippen LogP contribution in [0.2, 0.25) is 0 Å². The number of rotatable bonds is 5. The van der Waals surface area contributed by atoms with Gasteiger partial charge in [0.2, 0.25) is 6.23 Å². The van der Waals surface area contributed by atoms with Crippen LogP contribution in [0.3, 0.4) is 0 Å². The van der Waals surface area contributed by atoms with E-state index >= 15 is 0 Å². The van der Waals surface area contributed by atoms with Gasteiger partial charge in [-0.15, -0.1) is 0 Å². The molecule has 0 unspecified atom stereocenters. The standard InChI is InChI=1S/C25H23FN2O4/c1-29-22-14-24(31-3)23(30-2)12-18(22)25-28-20(17-6-4-5-7-21(17)32-25)13-19(27-28)15-8-10-16(26)11-9-15/h4-12,14,20,25H,13H2,1-3H3/t20-,25-/m1/s1. The minimum atomic E-state index is -0.539. The van der Waals surface area contributed by atoms with Gasteiger partial charge in [0.25, 0.3) is 0 Å². The molecule has 0 bridgehead atoms. The SMILES string of the molecule is COc1cc(OC)c([C@H]2Oc3ccccc3[C@H]3CC(c4ccc(F)cc4)=NN32)cc1OC. The molecule has 0 fully saturated rings. The van der Waals surface area contributed by atoms with Crippen LogP contribution in [0, 0.1) is 5.82 Å². The van der Waals surface area contributed by atoms with Crippen LogP contribution in [0.25, 0.3) is 0 Å². The highest BCUT2D eigenvalue weighted by Crippen LogP contribution is 2.50. The highest BCUT2D eigenvalue weighted by atomic mass is 19.1. The summed E-state index contributed by atoms with van der Waals surface area (Å²) in [6.45, 7) is 0. The summed E-state index contributed by atoms with van der Waals surface area (Å²) in [4.78, 5) is 0. The first-order valence-electron chi connectivity index (χ1n) is 10.3. The second-order valence-corrected chi connectivity index (χ2v) is 7.61. The van der Waals surface area contributed by atoms with E-state index in [4.69, 9.17) is 24.0 Å². The van der Waals surface area contributed by atoms with Crippen molar-refractivity contribution in [3.63, 3.8) is 0 Å². The molecule has 3 aromatic rings. The minimum absolute atomic E-state index is 0.0252. The normalized spacial score (nSPS) is 18.9. The molecule has 2 heterocycles. The summed E-state index contributed by atoms with van der Waals surface area (Å²) < 4.78 is 36.5. The smallest absolute Gasteiger partial charge is 0.217 e. The van der Waals surface area contributed by atoms with E-state index in [9.17, 15) is 4.39 Å². The van der Waals surface area contributed by atoms with Gasteiger partial charge < -0.3 is 18.9 Å². The monoisotopic (exact) mass is 434 g/mol. The molecule has 0 saturated heterocycles. The van der Waals surface area contributed by atoms with E-state index in [1.165, 1.54) is 12.1 Å². The third-order valence-electron chi connectivity index (χ3n) is 5.88. The van der Waals surface area contributed by atoms with Gasteiger partial charge in [-0.2, -0.15) is 5.10 Å². The molecule has 6 nitrogen and oxygen atoms in total. The van der Waals surface area contributed by atoms with Crippen LogP contribution in [0.15, 0.2) is 65.8 Å². The lowest BCUT2D eigenvalue weighted by Gasteiger charge is -2.38. The Kier molecular flexibility index (Phi) is 5.09. The van der Waals surface area contributed by atoms with Crippen LogP contribution in [0.4, 0.5) is 4.39 Å².